The van der Waals surface area contributed by atoms with Crippen molar-refractivity contribution in [2.75, 3.05) is 19.8 Å². The predicted octanol–water partition coefficient (Wildman–Crippen LogP) is 4.15. The largest absolute Gasteiger partial charge is 0.502 e. The third-order valence-electron chi connectivity index (χ3n) is 0.385. The molecule has 0 spiro atoms. The maximum atomic E-state index is 7.62. The van der Waals surface area contributed by atoms with Crippen LogP contribution in [0.25, 0.3) is 0 Å². The Labute approximate surface area is 121 Å². The molecule has 0 rings (SSSR count). The summed E-state index contributed by atoms with van der Waals surface area (Å²) in [6.07, 6.45) is 1.43. The van der Waals surface area contributed by atoms with Crippen LogP contribution in [-0.4, -0.2) is 30.0 Å². The van der Waals surface area contributed by atoms with Gasteiger partial charge in [-0.05, 0) is 6.92 Å². The Hall–Kier alpha value is -1.84. The molecule has 0 bridgehead atoms. The number of hydrogen-bond acceptors (Lipinski definition) is 3. The average molecular weight is 274 g/mol. The van der Waals surface area contributed by atoms with Crippen LogP contribution in [0.1, 0.15) is 6.92 Å². The van der Waals surface area contributed by atoms with Gasteiger partial charge in [0.05, 0.1) is 26.1 Å². The van der Waals surface area contributed by atoms with E-state index in [2.05, 4.69) is 77.1 Å². The quantitative estimate of drug-likeness (QED) is 0.600. The molecule has 0 radical (unpaired) electrons. The molecular formula is C16H34O3. The van der Waals surface area contributed by atoms with Crippen LogP contribution in [0.4, 0.5) is 0 Å². The lowest BCUT2D eigenvalue weighted by molar-refractivity contribution is 0.186. The minimum atomic E-state index is -0.125. The van der Waals surface area contributed by atoms with Gasteiger partial charge in [0.1, 0.15) is 0 Å². The Morgan fingerprint density at radius 2 is 0.947 bits per heavy atom. The summed E-state index contributed by atoms with van der Waals surface area (Å²) in [6.45, 7) is 35.7. The van der Waals surface area contributed by atoms with E-state index in [4.69, 9.17) is 10.2 Å². The fraction of sp³-hybridized carbons (Fsp3) is 0.250. The van der Waals surface area contributed by atoms with Crippen LogP contribution >= 0.6 is 0 Å². The van der Waals surface area contributed by atoms with Gasteiger partial charge in [-0.15, -0.1) is 65.8 Å². The Bertz CT molecular complexity index is 82.4. The summed E-state index contributed by atoms with van der Waals surface area (Å²) in [5.41, 5.74) is 0. The molecule has 3 heteroatoms. The van der Waals surface area contributed by atoms with Crippen LogP contribution in [0.5, 0.6) is 0 Å². The van der Waals surface area contributed by atoms with E-state index in [-0.39, 0.29) is 13.2 Å². The van der Waals surface area contributed by atoms with E-state index in [0.29, 0.717) is 0 Å². The summed E-state index contributed by atoms with van der Waals surface area (Å²) < 4.78 is 4.60. The monoisotopic (exact) mass is 274 g/mol. The zero-order chi connectivity index (χ0) is 17.5. The van der Waals surface area contributed by atoms with Crippen molar-refractivity contribution >= 4 is 0 Å². The summed E-state index contributed by atoms with van der Waals surface area (Å²) in [4.78, 5) is 0. The maximum absolute atomic E-state index is 7.62. The minimum Gasteiger partial charge on any atom is -0.502 e. The van der Waals surface area contributed by atoms with E-state index in [1.54, 1.807) is 0 Å². The zero-order valence-electron chi connectivity index (χ0n) is 12.8. The number of aliphatic hydroxyl groups is 2. The predicted molar refractivity (Wildman–Crippen MR) is 92.3 cm³/mol. The van der Waals surface area contributed by atoms with Gasteiger partial charge in [-0.1, -0.05) is 6.58 Å². The standard InChI is InChI=1S/C4H8O.C2H6O2.5C2H4/c1-3-5-4-2;3-1-2-4;5*1-2/h3H,1,4H2,2H3;3-4H,1-2H2;5*1-2H2. The molecule has 0 aliphatic carbocycles. The van der Waals surface area contributed by atoms with Crippen LogP contribution < -0.4 is 0 Å². The molecule has 0 aromatic carbocycles. The van der Waals surface area contributed by atoms with Gasteiger partial charge in [0.25, 0.3) is 0 Å². The molecule has 0 heterocycles. The lowest BCUT2D eigenvalue weighted by atomic mass is 10.8. The second-order valence-electron chi connectivity index (χ2n) is 1.07. The fourth-order valence-corrected chi connectivity index (χ4v) is 0.118. The van der Waals surface area contributed by atoms with Gasteiger partial charge in [0.2, 0.25) is 0 Å². The van der Waals surface area contributed by atoms with Crippen molar-refractivity contribution in [2.24, 2.45) is 0 Å². The first-order valence-electron chi connectivity index (χ1n) is 5.27. The molecule has 19 heavy (non-hydrogen) atoms. The lowest BCUT2D eigenvalue weighted by Gasteiger charge is -1.84. The highest BCUT2D eigenvalue weighted by molar-refractivity contribution is 4.45. The number of rotatable bonds is 3. The molecule has 0 amide bonds. The average Bonchev–Trinajstić information content (AvgIpc) is 2.58. The summed E-state index contributed by atoms with van der Waals surface area (Å²) >= 11 is 0. The Balaban J connectivity index is -0.0000000187. The first kappa shape index (κ1) is 43.4. The van der Waals surface area contributed by atoms with Crippen molar-refractivity contribution in [3.63, 3.8) is 0 Å². The van der Waals surface area contributed by atoms with Gasteiger partial charge in [-0.25, -0.2) is 0 Å². The van der Waals surface area contributed by atoms with E-state index in [0.717, 1.165) is 6.61 Å². The molecular weight excluding hydrogens is 240 g/mol. The fourth-order valence-electron chi connectivity index (χ4n) is 0.118. The first-order valence-corrected chi connectivity index (χ1v) is 5.27. The molecule has 0 aliphatic heterocycles. The minimum absolute atomic E-state index is 0.125. The topological polar surface area (TPSA) is 49.7 Å². The third-order valence-corrected chi connectivity index (χ3v) is 0.385. The van der Waals surface area contributed by atoms with Crippen LogP contribution in [0, 0.1) is 0 Å². The summed E-state index contributed by atoms with van der Waals surface area (Å²) in [6, 6.07) is 0. The SMILES string of the molecule is C=C.C=C.C=C.C=C.C=C.C=COCC.OCCO. The van der Waals surface area contributed by atoms with E-state index < -0.39 is 0 Å². The Kier molecular flexibility index (Phi) is 850. The van der Waals surface area contributed by atoms with E-state index in [1.807, 2.05) is 6.92 Å². The second-order valence-corrected chi connectivity index (χ2v) is 1.07. The summed E-state index contributed by atoms with van der Waals surface area (Å²) in [7, 11) is 0. The maximum Gasteiger partial charge on any atom is 0.0844 e. The molecule has 0 saturated carbocycles. The normalized spacial score (nSPS) is 4.37. The molecule has 116 valence electrons. The smallest absolute Gasteiger partial charge is 0.0844 e. The highest BCUT2D eigenvalue weighted by Gasteiger charge is 1.58. The van der Waals surface area contributed by atoms with Gasteiger partial charge < -0.3 is 14.9 Å². The second kappa shape index (κ2) is 372. The number of aliphatic hydroxyl groups excluding tert-OH is 2. The van der Waals surface area contributed by atoms with Crippen molar-refractivity contribution in [1.82, 2.24) is 0 Å². The summed E-state index contributed by atoms with van der Waals surface area (Å²) in [5.74, 6) is 0. The van der Waals surface area contributed by atoms with Crippen molar-refractivity contribution in [2.45, 2.75) is 6.92 Å². The highest BCUT2D eigenvalue weighted by Crippen LogP contribution is 1.65. The Morgan fingerprint density at radius 1 is 0.737 bits per heavy atom. The zero-order valence-corrected chi connectivity index (χ0v) is 12.8. The van der Waals surface area contributed by atoms with Crippen LogP contribution in [0.3, 0.4) is 0 Å². The van der Waals surface area contributed by atoms with E-state index >= 15 is 0 Å². The molecule has 0 aromatic rings. The molecule has 0 saturated heterocycles. The lowest BCUT2D eigenvalue weighted by Crippen LogP contribution is -1.85. The van der Waals surface area contributed by atoms with E-state index in [9.17, 15) is 0 Å². The van der Waals surface area contributed by atoms with Crippen LogP contribution in [0.2, 0.25) is 0 Å². The van der Waals surface area contributed by atoms with Gasteiger partial charge >= 0.3 is 0 Å². The van der Waals surface area contributed by atoms with Crippen molar-refractivity contribution in [1.29, 1.82) is 0 Å². The number of ether oxygens (including phenoxy) is 1. The first-order chi connectivity index (χ1) is 9.33. The Morgan fingerprint density at radius 3 is 0.947 bits per heavy atom. The molecule has 2 N–H and O–H groups in total. The summed E-state index contributed by atoms with van der Waals surface area (Å²) in [5, 5.41) is 15.2. The van der Waals surface area contributed by atoms with Crippen molar-refractivity contribution in [3.05, 3.63) is 78.6 Å². The van der Waals surface area contributed by atoms with Gasteiger partial charge in [-0.2, -0.15) is 0 Å². The van der Waals surface area contributed by atoms with Crippen LogP contribution in [0.15, 0.2) is 78.6 Å². The van der Waals surface area contributed by atoms with E-state index in [1.165, 1.54) is 6.26 Å². The molecule has 0 fully saturated rings. The number of hydrogen-bond donors (Lipinski definition) is 2. The third kappa shape index (κ3) is 2410. The van der Waals surface area contributed by atoms with Gasteiger partial charge in [-0.3, -0.25) is 0 Å². The molecule has 0 aliphatic rings. The highest BCUT2D eigenvalue weighted by atomic mass is 16.5. The molecule has 3 nitrogen and oxygen atoms in total. The van der Waals surface area contributed by atoms with Gasteiger partial charge in [0, 0.05) is 0 Å². The molecule has 0 atom stereocenters. The van der Waals surface area contributed by atoms with Gasteiger partial charge in [0.15, 0.2) is 0 Å². The van der Waals surface area contributed by atoms with Crippen molar-refractivity contribution < 1.29 is 14.9 Å². The molecule has 0 aromatic heterocycles. The van der Waals surface area contributed by atoms with Crippen molar-refractivity contribution in [3.8, 4) is 0 Å². The van der Waals surface area contributed by atoms with Crippen LogP contribution in [-0.2, 0) is 4.74 Å². The molecule has 0 unspecified atom stereocenters.